The number of aryl methyl sites for hydroxylation is 2. The summed E-state index contributed by atoms with van der Waals surface area (Å²) in [5.41, 5.74) is 11.0. The summed E-state index contributed by atoms with van der Waals surface area (Å²) in [5.74, 6) is 0. The first-order valence-electron chi connectivity index (χ1n) is 9.13. The van der Waals surface area contributed by atoms with Gasteiger partial charge in [-0.05, 0) is 0 Å². The normalized spacial score (nSPS) is 22.2. The molecule has 2 aliphatic carbocycles. The minimum atomic E-state index is -3.70. The molecule has 0 saturated carbocycles. The van der Waals surface area contributed by atoms with Gasteiger partial charge in [-0.25, -0.2) is 0 Å². The Balaban J connectivity index is 2.24. The number of hydrogen-bond acceptors (Lipinski definition) is 0. The summed E-state index contributed by atoms with van der Waals surface area (Å²) in [5, 5.41) is 0. The molecule has 3 rings (SSSR count). The van der Waals surface area contributed by atoms with Crippen LogP contribution in [-0.4, -0.2) is 0 Å². The molecule has 0 N–H and O–H groups in total. The van der Waals surface area contributed by atoms with Crippen LogP contribution < -0.4 is 0 Å². The van der Waals surface area contributed by atoms with Gasteiger partial charge < -0.3 is 0 Å². The van der Waals surface area contributed by atoms with Gasteiger partial charge in [0.15, 0.2) is 0 Å². The number of allylic oxidation sites excluding steroid dienone is 5. The zero-order chi connectivity index (χ0) is 18.7. The topological polar surface area (TPSA) is 0 Å². The van der Waals surface area contributed by atoms with Crippen LogP contribution in [0.2, 0.25) is 3.12 Å². The van der Waals surface area contributed by atoms with Crippen LogP contribution in [-0.2, 0) is 17.9 Å². The Kier molecular flexibility index (Phi) is 5.12. The summed E-state index contributed by atoms with van der Waals surface area (Å²) in [6.45, 7) is 15.6. The number of hydrogen-bond donors (Lipinski definition) is 0. The van der Waals surface area contributed by atoms with E-state index in [0.29, 0.717) is 0 Å². The van der Waals surface area contributed by atoms with Gasteiger partial charge in [0.1, 0.15) is 0 Å². The van der Waals surface area contributed by atoms with Gasteiger partial charge in [0.25, 0.3) is 0 Å². The van der Waals surface area contributed by atoms with Gasteiger partial charge >= 0.3 is 165 Å². The van der Waals surface area contributed by atoms with Gasteiger partial charge in [0.2, 0.25) is 0 Å². The summed E-state index contributed by atoms with van der Waals surface area (Å²) in [7, 11) is 15.1. The molecule has 0 aromatic heterocycles. The number of benzene rings is 1. The van der Waals surface area contributed by atoms with Crippen LogP contribution in [0.1, 0.15) is 66.9 Å². The maximum absolute atomic E-state index is 7.53. The molecule has 0 aliphatic heterocycles. The fourth-order valence-corrected chi connectivity index (χ4v) is 20.7. The SMILES string of the molecule is CC[C]1([Zr]([Cl])([Cl])[CH]2C=Cc3c(C)ccc(C)c32)C(C)=C(C)C(C)=C1C. The fraction of sp³-hybridized carbons (Fsp3) is 0.455. The molecule has 1 atom stereocenters. The molecule has 25 heavy (non-hydrogen) atoms. The van der Waals surface area contributed by atoms with Crippen molar-refractivity contribution < 1.29 is 17.9 Å². The van der Waals surface area contributed by atoms with Crippen LogP contribution in [0.5, 0.6) is 0 Å². The van der Waals surface area contributed by atoms with Crippen molar-refractivity contribution in [2.45, 2.75) is 61.6 Å². The van der Waals surface area contributed by atoms with Gasteiger partial charge in [0, 0.05) is 0 Å². The maximum atomic E-state index is 7.53. The Bertz CT molecular complexity index is 816. The Morgan fingerprint density at radius 1 is 0.920 bits per heavy atom. The molecule has 0 spiro atoms. The van der Waals surface area contributed by atoms with E-state index in [1.165, 1.54) is 44.5 Å². The van der Waals surface area contributed by atoms with E-state index in [9.17, 15) is 0 Å². The Morgan fingerprint density at radius 2 is 1.44 bits per heavy atom. The van der Waals surface area contributed by atoms with Crippen molar-refractivity contribution in [3.63, 3.8) is 0 Å². The second kappa shape index (κ2) is 6.51. The van der Waals surface area contributed by atoms with Crippen LogP contribution in [0.4, 0.5) is 0 Å². The molecule has 3 heteroatoms. The molecule has 0 fully saturated rings. The van der Waals surface area contributed by atoms with Crippen molar-refractivity contribution in [1.29, 1.82) is 0 Å². The van der Waals surface area contributed by atoms with Gasteiger partial charge in [-0.15, -0.1) is 0 Å². The Hall–Kier alpha value is -0.0969. The third kappa shape index (κ3) is 2.49. The molecule has 1 aromatic rings. The second-order valence-corrected chi connectivity index (χ2v) is 22.6. The van der Waals surface area contributed by atoms with Gasteiger partial charge in [0.05, 0.1) is 0 Å². The molecule has 0 bridgehead atoms. The molecular formula is C22H28Cl2Zr. The van der Waals surface area contributed by atoms with Gasteiger partial charge in [-0.2, -0.15) is 0 Å². The Labute approximate surface area is 164 Å². The summed E-state index contributed by atoms with van der Waals surface area (Å²) < 4.78 is 0.0924. The van der Waals surface area contributed by atoms with Crippen molar-refractivity contribution in [3.05, 3.63) is 62.8 Å². The summed E-state index contributed by atoms with van der Waals surface area (Å²) in [6, 6.07) is 4.43. The molecule has 0 nitrogen and oxygen atoms in total. The van der Waals surface area contributed by atoms with Crippen LogP contribution >= 0.6 is 17.0 Å². The van der Waals surface area contributed by atoms with E-state index in [0.717, 1.165) is 6.42 Å². The van der Waals surface area contributed by atoms with E-state index < -0.39 is 17.9 Å². The van der Waals surface area contributed by atoms with Crippen LogP contribution in [0.3, 0.4) is 0 Å². The first-order chi connectivity index (χ1) is 11.6. The van der Waals surface area contributed by atoms with Gasteiger partial charge in [-0.3, -0.25) is 0 Å². The predicted molar refractivity (Wildman–Crippen MR) is 109 cm³/mol. The monoisotopic (exact) mass is 452 g/mol. The van der Waals surface area contributed by atoms with Crippen molar-refractivity contribution in [1.82, 2.24) is 0 Å². The van der Waals surface area contributed by atoms with Crippen molar-refractivity contribution in [3.8, 4) is 0 Å². The standard InChI is InChI=1S/C11H11.C11H17.2ClH.Zr/c1-8-6-7-9(2)11-5-3-4-10(8)11;1-6-11-9(4)7(2)8(3)10(11)5;;;/h3-7H,1-2H3;6H2,1-5H3;2*1H;/q;;;;+2/p-2. The average Bonchev–Trinajstić information content (AvgIpc) is 3.10. The quantitative estimate of drug-likeness (QED) is 0.433. The number of fused-ring (bicyclic) bond motifs is 1. The molecular weight excluding hydrogens is 426 g/mol. The summed E-state index contributed by atoms with van der Waals surface area (Å²) in [6.07, 6.45) is 5.56. The van der Waals surface area contributed by atoms with E-state index >= 15 is 0 Å². The molecule has 2 aliphatic rings. The molecule has 0 heterocycles. The third-order valence-electron chi connectivity index (χ3n) is 6.95. The Morgan fingerprint density at radius 3 is 1.96 bits per heavy atom. The molecule has 0 radical (unpaired) electrons. The zero-order valence-corrected chi connectivity index (χ0v) is 20.3. The second-order valence-electron chi connectivity index (χ2n) is 7.75. The van der Waals surface area contributed by atoms with Gasteiger partial charge in [-0.1, -0.05) is 0 Å². The van der Waals surface area contributed by atoms with Crippen LogP contribution in [0.25, 0.3) is 6.08 Å². The van der Waals surface area contributed by atoms with Crippen molar-refractivity contribution in [2.24, 2.45) is 0 Å². The van der Waals surface area contributed by atoms with Crippen LogP contribution in [0, 0.1) is 13.8 Å². The molecule has 1 unspecified atom stereocenters. The number of rotatable bonds is 3. The number of halogens is 2. The average molecular weight is 455 g/mol. The first-order valence-corrected chi connectivity index (χ1v) is 18.1. The van der Waals surface area contributed by atoms with E-state index in [1.807, 2.05) is 0 Å². The molecule has 0 saturated heterocycles. The molecule has 134 valence electrons. The molecule has 0 amide bonds. The van der Waals surface area contributed by atoms with E-state index in [1.54, 1.807) is 0 Å². The van der Waals surface area contributed by atoms with E-state index in [2.05, 4.69) is 72.8 Å². The van der Waals surface area contributed by atoms with E-state index in [-0.39, 0.29) is 6.75 Å². The molecule has 1 aromatic carbocycles. The van der Waals surface area contributed by atoms with Crippen molar-refractivity contribution in [2.75, 3.05) is 0 Å². The first kappa shape index (κ1) is 19.7. The summed E-state index contributed by atoms with van der Waals surface area (Å²) in [4.78, 5) is 0. The minimum absolute atomic E-state index is 0.112. The zero-order valence-electron chi connectivity index (χ0n) is 16.3. The van der Waals surface area contributed by atoms with Crippen LogP contribution in [0.15, 0.2) is 40.5 Å². The predicted octanol–water partition coefficient (Wildman–Crippen LogP) is 8.09. The third-order valence-corrected chi connectivity index (χ3v) is 22.2. The van der Waals surface area contributed by atoms with Crippen molar-refractivity contribution >= 4 is 23.1 Å². The summed E-state index contributed by atoms with van der Waals surface area (Å²) >= 11 is -3.70. The van der Waals surface area contributed by atoms with E-state index in [4.69, 9.17) is 17.0 Å². The fourth-order valence-electron chi connectivity index (χ4n) is 5.09.